The summed E-state index contributed by atoms with van der Waals surface area (Å²) in [7, 11) is 0. The van der Waals surface area contributed by atoms with Crippen LogP contribution in [0.3, 0.4) is 0 Å². The number of aromatic nitrogens is 1. The van der Waals surface area contributed by atoms with Crippen LogP contribution in [0.25, 0.3) is 5.57 Å². The van der Waals surface area contributed by atoms with Gasteiger partial charge in [0.25, 0.3) is 0 Å². The van der Waals surface area contributed by atoms with Gasteiger partial charge < -0.3 is 19.3 Å². The maximum Gasteiger partial charge on any atom is 0.410 e. The highest BCUT2D eigenvalue weighted by atomic mass is 16.6. The third kappa shape index (κ3) is 4.72. The van der Waals surface area contributed by atoms with Gasteiger partial charge in [-0.15, -0.1) is 0 Å². The monoisotopic (exact) mass is 345 g/mol. The van der Waals surface area contributed by atoms with Crippen molar-refractivity contribution in [1.29, 1.82) is 0 Å². The largest absolute Gasteiger partial charge is 0.444 e. The second kappa shape index (κ2) is 7.44. The average molecular weight is 345 g/mol. The summed E-state index contributed by atoms with van der Waals surface area (Å²) < 4.78 is 10.8. The fraction of sp³-hybridized carbons (Fsp3) is 0.579. The van der Waals surface area contributed by atoms with Crippen molar-refractivity contribution < 1.29 is 14.3 Å². The van der Waals surface area contributed by atoms with E-state index in [0.717, 1.165) is 44.2 Å². The van der Waals surface area contributed by atoms with E-state index in [1.165, 1.54) is 5.57 Å². The number of rotatable bonds is 2. The smallest absolute Gasteiger partial charge is 0.410 e. The molecule has 0 unspecified atom stereocenters. The zero-order valence-electron chi connectivity index (χ0n) is 15.3. The quantitative estimate of drug-likeness (QED) is 0.825. The van der Waals surface area contributed by atoms with Crippen LogP contribution in [-0.4, -0.2) is 61.0 Å². The number of hydrogen-bond donors (Lipinski definition) is 0. The van der Waals surface area contributed by atoms with Crippen LogP contribution < -0.4 is 4.90 Å². The molecule has 0 spiro atoms. The summed E-state index contributed by atoms with van der Waals surface area (Å²) in [6.07, 6.45) is 2.62. The first-order valence-electron chi connectivity index (χ1n) is 8.89. The Labute approximate surface area is 149 Å². The molecule has 0 atom stereocenters. The van der Waals surface area contributed by atoms with Crippen molar-refractivity contribution in [2.75, 3.05) is 44.3 Å². The van der Waals surface area contributed by atoms with Crippen LogP contribution in [0.15, 0.2) is 24.3 Å². The molecule has 1 aromatic heterocycles. The van der Waals surface area contributed by atoms with E-state index >= 15 is 0 Å². The van der Waals surface area contributed by atoms with Gasteiger partial charge in [0.15, 0.2) is 0 Å². The van der Waals surface area contributed by atoms with E-state index in [4.69, 9.17) is 14.5 Å². The van der Waals surface area contributed by atoms with Gasteiger partial charge in [-0.3, -0.25) is 0 Å². The van der Waals surface area contributed by atoms with Gasteiger partial charge in [-0.2, -0.15) is 0 Å². The van der Waals surface area contributed by atoms with Gasteiger partial charge in [-0.05, 0) is 44.9 Å². The normalized spacial score (nSPS) is 18.8. The van der Waals surface area contributed by atoms with Crippen LogP contribution in [0.1, 0.15) is 32.9 Å². The van der Waals surface area contributed by atoms with Gasteiger partial charge in [0.2, 0.25) is 0 Å². The Morgan fingerprint density at radius 1 is 1.20 bits per heavy atom. The van der Waals surface area contributed by atoms with Gasteiger partial charge in [0.1, 0.15) is 11.4 Å². The van der Waals surface area contributed by atoms with Gasteiger partial charge in [-0.25, -0.2) is 9.78 Å². The van der Waals surface area contributed by atoms with E-state index in [-0.39, 0.29) is 6.09 Å². The Kier molecular flexibility index (Phi) is 5.27. The minimum atomic E-state index is -0.463. The number of pyridine rings is 1. The number of ether oxygens (including phenoxy) is 2. The molecule has 2 aliphatic heterocycles. The molecular formula is C19H27N3O3. The lowest BCUT2D eigenvalue weighted by molar-refractivity contribution is 0.0270. The molecule has 136 valence electrons. The van der Waals surface area contributed by atoms with Crippen LogP contribution in [0.5, 0.6) is 0 Å². The first-order valence-corrected chi connectivity index (χ1v) is 8.89. The fourth-order valence-electron chi connectivity index (χ4n) is 2.96. The van der Waals surface area contributed by atoms with E-state index in [1.54, 1.807) is 4.90 Å². The van der Waals surface area contributed by atoms with Crippen molar-refractivity contribution >= 4 is 17.5 Å². The maximum absolute atomic E-state index is 12.2. The van der Waals surface area contributed by atoms with E-state index in [2.05, 4.69) is 11.0 Å². The number of hydrogen-bond acceptors (Lipinski definition) is 5. The number of morpholine rings is 1. The summed E-state index contributed by atoms with van der Waals surface area (Å²) >= 11 is 0. The molecule has 2 aliphatic rings. The van der Waals surface area contributed by atoms with E-state index < -0.39 is 5.60 Å². The third-order valence-electron chi connectivity index (χ3n) is 4.26. The second-order valence-corrected chi connectivity index (χ2v) is 7.39. The summed E-state index contributed by atoms with van der Waals surface area (Å²) in [5.41, 5.74) is 1.72. The van der Waals surface area contributed by atoms with Crippen LogP contribution >= 0.6 is 0 Å². The van der Waals surface area contributed by atoms with Gasteiger partial charge in [0.05, 0.1) is 18.9 Å². The highest BCUT2D eigenvalue weighted by Crippen LogP contribution is 2.24. The lowest BCUT2D eigenvalue weighted by Crippen LogP contribution is -2.39. The van der Waals surface area contributed by atoms with Crippen molar-refractivity contribution in [3.8, 4) is 0 Å². The standard InChI is InChI=1S/C19H27N3O3/c1-19(2,3)25-18(23)22-9-7-15(8-10-22)16-5-4-6-17(20-16)21-11-13-24-14-12-21/h4-7H,8-14H2,1-3H3. The van der Waals surface area contributed by atoms with Crippen molar-refractivity contribution in [3.63, 3.8) is 0 Å². The number of carbonyl (C=O) groups is 1. The molecule has 0 aliphatic carbocycles. The zero-order valence-corrected chi connectivity index (χ0v) is 15.3. The zero-order chi connectivity index (χ0) is 17.9. The van der Waals surface area contributed by atoms with Crippen LogP contribution in [0, 0.1) is 0 Å². The SMILES string of the molecule is CC(C)(C)OC(=O)N1CC=C(c2cccc(N3CCOCC3)n2)CC1. The summed E-state index contributed by atoms with van der Waals surface area (Å²) in [5.74, 6) is 0.997. The predicted octanol–water partition coefficient (Wildman–Crippen LogP) is 2.94. The second-order valence-electron chi connectivity index (χ2n) is 7.39. The highest BCUT2D eigenvalue weighted by molar-refractivity contribution is 5.72. The first-order chi connectivity index (χ1) is 11.9. The Morgan fingerprint density at radius 2 is 1.96 bits per heavy atom. The topological polar surface area (TPSA) is 54.9 Å². The average Bonchev–Trinajstić information content (AvgIpc) is 2.61. The Bertz CT molecular complexity index is 646. The molecule has 0 N–H and O–H groups in total. The number of amides is 1. The summed E-state index contributed by atoms with van der Waals surface area (Å²) in [4.78, 5) is 21.0. The summed E-state index contributed by atoms with van der Waals surface area (Å²) in [6, 6.07) is 6.14. The molecule has 3 rings (SSSR count). The van der Waals surface area contributed by atoms with E-state index in [0.29, 0.717) is 13.1 Å². The Balaban J connectivity index is 1.66. The Morgan fingerprint density at radius 3 is 2.60 bits per heavy atom. The summed E-state index contributed by atoms with van der Waals surface area (Å²) in [6.45, 7) is 10.1. The van der Waals surface area contributed by atoms with Crippen LogP contribution in [0.2, 0.25) is 0 Å². The summed E-state index contributed by atoms with van der Waals surface area (Å²) in [5, 5.41) is 0. The maximum atomic E-state index is 12.2. The van der Waals surface area contributed by atoms with Gasteiger partial charge >= 0.3 is 6.09 Å². The van der Waals surface area contributed by atoms with Crippen LogP contribution in [-0.2, 0) is 9.47 Å². The molecule has 1 amide bonds. The van der Waals surface area contributed by atoms with Crippen molar-refractivity contribution in [2.24, 2.45) is 0 Å². The molecule has 1 aromatic rings. The van der Waals surface area contributed by atoms with Crippen molar-refractivity contribution in [3.05, 3.63) is 30.0 Å². The highest BCUT2D eigenvalue weighted by Gasteiger charge is 2.24. The predicted molar refractivity (Wildman–Crippen MR) is 97.7 cm³/mol. The molecule has 3 heterocycles. The van der Waals surface area contributed by atoms with Gasteiger partial charge in [-0.1, -0.05) is 12.1 Å². The lowest BCUT2D eigenvalue weighted by Gasteiger charge is -2.30. The third-order valence-corrected chi connectivity index (χ3v) is 4.26. The molecule has 0 radical (unpaired) electrons. The van der Waals surface area contributed by atoms with E-state index in [1.807, 2.05) is 39.0 Å². The fourth-order valence-corrected chi connectivity index (χ4v) is 2.96. The van der Waals surface area contributed by atoms with Gasteiger partial charge in [0, 0.05) is 26.2 Å². The molecule has 6 heteroatoms. The van der Waals surface area contributed by atoms with Crippen LogP contribution in [0.4, 0.5) is 10.6 Å². The lowest BCUT2D eigenvalue weighted by atomic mass is 10.0. The molecule has 1 saturated heterocycles. The number of carbonyl (C=O) groups excluding carboxylic acids is 1. The van der Waals surface area contributed by atoms with Crippen molar-refractivity contribution in [1.82, 2.24) is 9.88 Å². The molecule has 0 bridgehead atoms. The molecule has 0 saturated carbocycles. The van der Waals surface area contributed by atoms with E-state index in [9.17, 15) is 4.79 Å². The van der Waals surface area contributed by atoms with Crippen molar-refractivity contribution in [2.45, 2.75) is 32.8 Å². The minimum absolute atomic E-state index is 0.252. The minimum Gasteiger partial charge on any atom is -0.444 e. The molecule has 25 heavy (non-hydrogen) atoms. The first kappa shape index (κ1) is 17.7. The molecular weight excluding hydrogens is 318 g/mol. The molecule has 6 nitrogen and oxygen atoms in total. The Hall–Kier alpha value is -2.08. The molecule has 1 fully saturated rings. The number of anilines is 1. The molecule has 0 aromatic carbocycles. The number of nitrogens with zero attached hydrogens (tertiary/aromatic N) is 3.